The van der Waals surface area contributed by atoms with E-state index in [1.165, 1.54) is 24.9 Å². The summed E-state index contributed by atoms with van der Waals surface area (Å²) in [7, 11) is 0. The van der Waals surface area contributed by atoms with Gasteiger partial charge in [0.1, 0.15) is 5.69 Å². The van der Waals surface area contributed by atoms with Crippen LogP contribution in [0.5, 0.6) is 0 Å². The maximum atomic E-state index is 4.71. The van der Waals surface area contributed by atoms with Crippen LogP contribution >= 0.6 is 0 Å². The fourth-order valence-electron chi connectivity index (χ4n) is 4.13. The van der Waals surface area contributed by atoms with Crippen molar-refractivity contribution in [2.75, 3.05) is 28.6 Å². The van der Waals surface area contributed by atoms with Gasteiger partial charge in [0.2, 0.25) is 5.95 Å². The molecular weight excluding hydrogens is 434 g/mol. The SMILES string of the molecule is C=C(Nc1ccc(-c2ccnc(Nc3ccc(N4CCCCC4)cc3)n2)cc1)c1cnc(C)cn1. The van der Waals surface area contributed by atoms with Gasteiger partial charge in [0.05, 0.1) is 23.3 Å². The number of aromatic nitrogens is 4. The smallest absolute Gasteiger partial charge is 0.227 e. The van der Waals surface area contributed by atoms with Crippen LogP contribution in [-0.4, -0.2) is 33.0 Å². The summed E-state index contributed by atoms with van der Waals surface area (Å²) in [4.78, 5) is 20.2. The van der Waals surface area contributed by atoms with Crippen molar-refractivity contribution in [1.29, 1.82) is 0 Å². The first-order chi connectivity index (χ1) is 17.1. The number of nitrogens with one attached hydrogen (secondary N) is 2. The van der Waals surface area contributed by atoms with E-state index in [0.29, 0.717) is 11.6 Å². The Morgan fingerprint density at radius 1 is 0.829 bits per heavy atom. The second-order valence-electron chi connectivity index (χ2n) is 8.71. The van der Waals surface area contributed by atoms with Crippen molar-refractivity contribution in [1.82, 2.24) is 19.9 Å². The van der Waals surface area contributed by atoms with Crippen LogP contribution in [0.4, 0.5) is 23.0 Å². The van der Waals surface area contributed by atoms with Crippen LogP contribution in [0.3, 0.4) is 0 Å². The van der Waals surface area contributed by atoms with Crippen molar-refractivity contribution in [3.8, 4) is 11.3 Å². The molecule has 1 fully saturated rings. The lowest BCUT2D eigenvalue weighted by atomic mass is 10.1. The maximum absolute atomic E-state index is 4.71. The average Bonchev–Trinajstić information content (AvgIpc) is 2.91. The first kappa shape index (κ1) is 22.5. The van der Waals surface area contributed by atoms with E-state index in [1.807, 2.05) is 37.3 Å². The summed E-state index contributed by atoms with van der Waals surface area (Å²) in [5.41, 5.74) is 7.31. The molecule has 1 aliphatic heterocycles. The number of hydrogen-bond donors (Lipinski definition) is 2. The molecule has 0 saturated carbocycles. The lowest BCUT2D eigenvalue weighted by molar-refractivity contribution is 0.578. The molecule has 0 bridgehead atoms. The van der Waals surface area contributed by atoms with Crippen LogP contribution in [-0.2, 0) is 0 Å². The first-order valence-electron chi connectivity index (χ1n) is 11.9. The normalized spacial score (nSPS) is 13.3. The molecule has 1 aliphatic rings. The predicted octanol–water partition coefficient (Wildman–Crippen LogP) is 6.06. The van der Waals surface area contributed by atoms with Gasteiger partial charge in [0, 0.05) is 48.1 Å². The number of hydrogen-bond acceptors (Lipinski definition) is 7. The Kier molecular flexibility index (Phi) is 6.66. The van der Waals surface area contributed by atoms with Crippen molar-refractivity contribution in [3.63, 3.8) is 0 Å². The van der Waals surface area contributed by atoms with Crippen LogP contribution in [0, 0.1) is 6.92 Å². The highest BCUT2D eigenvalue weighted by Gasteiger charge is 2.11. The molecule has 0 atom stereocenters. The first-order valence-corrected chi connectivity index (χ1v) is 11.9. The average molecular weight is 464 g/mol. The van der Waals surface area contributed by atoms with Gasteiger partial charge in [-0.2, -0.15) is 0 Å². The molecule has 2 N–H and O–H groups in total. The Hall–Kier alpha value is -4.26. The number of benzene rings is 2. The van der Waals surface area contributed by atoms with Crippen molar-refractivity contribution >= 4 is 28.7 Å². The molecule has 3 heterocycles. The van der Waals surface area contributed by atoms with E-state index in [0.717, 1.165) is 47.1 Å². The zero-order valence-electron chi connectivity index (χ0n) is 19.9. The molecule has 2 aromatic heterocycles. The fraction of sp³-hybridized carbons (Fsp3) is 0.214. The van der Waals surface area contributed by atoms with Crippen LogP contribution in [0.1, 0.15) is 30.7 Å². The zero-order valence-corrected chi connectivity index (χ0v) is 19.9. The molecular formula is C28H29N7. The Bertz CT molecular complexity index is 1280. The van der Waals surface area contributed by atoms with E-state index in [4.69, 9.17) is 4.98 Å². The molecule has 7 heteroatoms. The molecule has 2 aromatic carbocycles. The molecule has 176 valence electrons. The largest absolute Gasteiger partial charge is 0.372 e. The van der Waals surface area contributed by atoms with E-state index in [1.54, 1.807) is 18.6 Å². The van der Waals surface area contributed by atoms with Crippen LogP contribution in [0.15, 0.2) is 79.8 Å². The molecule has 5 rings (SSSR count). The molecule has 0 amide bonds. The van der Waals surface area contributed by atoms with E-state index >= 15 is 0 Å². The Labute approximate surface area is 206 Å². The van der Waals surface area contributed by atoms with Gasteiger partial charge in [-0.1, -0.05) is 18.7 Å². The highest BCUT2D eigenvalue weighted by molar-refractivity contribution is 5.74. The van der Waals surface area contributed by atoms with Gasteiger partial charge < -0.3 is 15.5 Å². The van der Waals surface area contributed by atoms with Crippen molar-refractivity contribution in [2.45, 2.75) is 26.2 Å². The zero-order chi connectivity index (χ0) is 24.0. The number of aryl methyl sites for hydroxylation is 1. The van der Waals surface area contributed by atoms with Crippen molar-refractivity contribution in [2.24, 2.45) is 0 Å². The summed E-state index contributed by atoms with van der Waals surface area (Å²) in [5, 5.41) is 6.61. The summed E-state index contributed by atoms with van der Waals surface area (Å²) in [6.07, 6.45) is 9.10. The lowest BCUT2D eigenvalue weighted by Crippen LogP contribution is -2.29. The van der Waals surface area contributed by atoms with Crippen molar-refractivity contribution < 1.29 is 0 Å². The maximum Gasteiger partial charge on any atom is 0.227 e. The fourth-order valence-corrected chi connectivity index (χ4v) is 4.13. The van der Waals surface area contributed by atoms with Crippen molar-refractivity contribution in [3.05, 3.63) is 91.2 Å². The van der Waals surface area contributed by atoms with Gasteiger partial charge in [-0.15, -0.1) is 0 Å². The monoisotopic (exact) mass is 463 g/mol. The van der Waals surface area contributed by atoms with Crippen LogP contribution < -0.4 is 15.5 Å². The number of piperidine rings is 1. The van der Waals surface area contributed by atoms with E-state index in [9.17, 15) is 0 Å². The number of rotatable bonds is 7. The van der Waals surface area contributed by atoms with Gasteiger partial charge in [0.25, 0.3) is 0 Å². The minimum Gasteiger partial charge on any atom is -0.372 e. The summed E-state index contributed by atoms with van der Waals surface area (Å²) in [6, 6.07) is 18.5. The molecule has 4 aromatic rings. The van der Waals surface area contributed by atoms with Crippen LogP contribution in [0.2, 0.25) is 0 Å². The van der Waals surface area contributed by atoms with E-state index < -0.39 is 0 Å². The van der Waals surface area contributed by atoms with Gasteiger partial charge in [-0.3, -0.25) is 9.97 Å². The highest BCUT2D eigenvalue weighted by atomic mass is 15.1. The van der Waals surface area contributed by atoms with E-state index in [-0.39, 0.29) is 0 Å². The Morgan fingerprint density at radius 3 is 2.29 bits per heavy atom. The summed E-state index contributed by atoms with van der Waals surface area (Å²) in [5.74, 6) is 0.571. The third-order valence-electron chi connectivity index (χ3n) is 6.07. The minimum absolute atomic E-state index is 0.571. The second-order valence-corrected chi connectivity index (χ2v) is 8.71. The molecule has 0 unspecified atom stereocenters. The third-order valence-corrected chi connectivity index (χ3v) is 6.07. The highest BCUT2D eigenvalue weighted by Crippen LogP contribution is 2.25. The standard InChI is InChI=1S/C28H29N7/c1-20-18-31-27(19-30-20)21(2)32-23-8-6-22(7-9-23)26-14-15-29-28(34-26)33-24-10-12-25(13-11-24)35-16-4-3-5-17-35/h6-15,18-19,32H,2-5,16-17H2,1H3,(H,29,33,34). The molecule has 1 saturated heterocycles. The molecule has 0 aliphatic carbocycles. The molecule has 0 spiro atoms. The third kappa shape index (κ3) is 5.63. The quantitative estimate of drug-likeness (QED) is 0.345. The Balaban J connectivity index is 1.23. The number of anilines is 4. The summed E-state index contributed by atoms with van der Waals surface area (Å²) < 4.78 is 0. The summed E-state index contributed by atoms with van der Waals surface area (Å²) >= 11 is 0. The van der Waals surface area contributed by atoms with Gasteiger partial charge in [0.15, 0.2) is 0 Å². The van der Waals surface area contributed by atoms with Gasteiger partial charge >= 0.3 is 0 Å². The van der Waals surface area contributed by atoms with Crippen LogP contribution in [0.25, 0.3) is 17.0 Å². The topological polar surface area (TPSA) is 78.9 Å². The van der Waals surface area contributed by atoms with Gasteiger partial charge in [-0.25, -0.2) is 9.97 Å². The predicted molar refractivity (Wildman–Crippen MR) is 143 cm³/mol. The Morgan fingerprint density at radius 2 is 1.57 bits per heavy atom. The van der Waals surface area contributed by atoms with Gasteiger partial charge in [-0.05, 0) is 68.7 Å². The lowest BCUT2D eigenvalue weighted by Gasteiger charge is -2.28. The molecule has 35 heavy (non-hydrogen) atoms. The minimum atomic E-state index is 0.571. The molecule has 0 radical (unpaired) electrons. The molecule has 7 nitrogen and oxygen atoms in total. The van der Waals surface area contributed by atoms with E-state index in [2.05, 4.69) is 61.3 Å². The summed E-state index contributed by atoms with van der Waals surface area (Å²) in [6.45, 7) is 8.26. The number of nitrogens with zero attached hydrogens (tertiary/aromatic N) is 5. The second kappa shape index (κ2) is 10.3.